The van der Waals surface area contributed by atoms with Gasteiger partial charge < -0.3 is 15.0 Å². The van der Waals surface area contributed by atoms with E-state index in [1.54, 1.807) is 25.3 Å². The smallest absolute Gasteiger partial charge is 0.257 e. The molecule has 3 rings (SSSR count). The van der Waals surface area contributed by atoms with Gasteiger partial charge in [0.15, 0.2) is 5.11 Å². The van der Waals surface area contributed by atoms with Crippen LogP contribution in [0, 0.1) is 0 Å². The lowest BCUT2D eigenvalue weighted by Crippen LogP contribution is -2.34. The van der Waals surface area contributed by atoms with Crippen LogP contribution in [0.5, 0.6) is 5.75 Å². The van der Waals surface area contributed by atoms with E-state index in [2.05, 4.69) is 31.5 Å². The maximum absolute atomic E-state index is 12.4. The van der Waals surface area contributed by atoms with Gasteiger partial charge in [0, 0.05) is 24.3 Å². The van der Waals surface area contributed by atoms with Crippen molar-refractivity contribution < 1.29 is 9.53 Å². The summed E-state index contributed by atoms with van der Waals surface area (Å²) in [5.41, 5.74) is 2.23. The van der Waals surface area contributed by atoms with Gasteiger partial charge in [-0.15, -0.1) is 0 Å². The molecule has 5 nitrogen and oxygen atoms in total. The number of halogens is 2. The van der Waals surface area contributed by atoms with E-state index in [4.69, 9.17) is 28.6 Å². The predicted octanol–water partition coefficient (Wildman–Crippen LogP) is 5.23. The molecule has 1 heterocycles. The Hall–Kier alpha value is -1.83. The Morgan fingerprint density at radius 2 is 1.93 bits per heavy atom. The van der Waals surface area contributed by atoms with Crippen molar-refractivity contribution in [2.24, 2.45) is 0 Å². The van der Waals surface area contributed by atoms with Crippen LogP contribution in [0.3, 0.4) is 0 Å². The van der Waals surface area contributed by atoms with Crippen molar-refractivity contribution >= 4 is 62.1 Å². The van der Waals surface area contributed by atoms with Gasteiger partial charge in [-0.3, -0.25) is 10.1 Å². The summed E-state index contributed by atoms with van der Waals surface area (Å²) in [7, 11) is 1.57. The number of methoxy groups -OCH3 is 1. The second-order valence-electron chi connectivity index (χ2n) is 6.47. The number of hydrogen-bond donors (Lipinski definition) is 2. The maximum atomic E-state index is 12.4. The number of nitrogens with one attached hydrogen (secondary N) is 2. The number of rotatable bonds is 4. The Labute approximate surface area is 183 Å². The number of ether oxygens (including phenoxy) is 1. The highest BCUT2D eigenvalue weighted by atomic mass is 79.9. The van der Waals surface area contributed by atoms with Crippen molar-refractivity contribution in [2.45, 2.75) is 19.3 Å². The topological polar surface area (TPSA) is 53.6 Å². The average molecular weight is 483 g/mol. The van der Waals surface area contributed by atoms with E-state index in [1.165, 1.54) is 19.3 Å². The third kappa shape index (κ3) is 5.16. The molecule has 8 heteroatoms. The minimum absolute atomic E-state index is 0.207. The normalized spacial score (nSPS) is 13.8. The highest BCUT2D eigenvalue weighted by Gasteiger charge is 2.15. The molecule has 0 spiro atoms. The van der Waals surface area contributed by atoms with E-state index in [1.807, 2.05) is 18.2 Å². The molecule has 0 aromatic heterocycles. The number of hydrogen-bond acceptors (Lipinski definition) is 4. The summed E-state index contributed by atoms with van der Waals surface area (Å²) < 4.78 is 5.87. The first-order valence-corrected chi connectivity index (χ1v) is 10.6. The van der Waals surface area contributed by atoms with Gasteiger partial charge in [-0.1, -0.05) is 11.6 Å². The second-order valence-corrected chi connectivity index (χ2v) is 8.14. The van der Waals surface area contributed by atoms with Crippen LogP contribution in [0.15, 0.2) is 40.9 Å². The number of anilines is 2. The van der Waals surface area contributed by atoms with Crippen LogP contribution in [0.2, 0.25) is 5.02 Å². The molecule has 148 valence electrons. The van der Waals surface area contributed by atoms with Gasteiger partial charge in [-0.25, -0.2) is 0 Å². The highest BCUT2D eigenvalue weighted by Crippen LogP contribution is 2.31. The Kier molecular flexibility index (Phi) is 7.15. The van der Waals surface area contributed by atoms with E-state index in [0.29, 0.717) is 20.8 Å². The summed E-state index contributed by atoms with van der Waals surface area (Å²) in [5, 5.41) is 6.56. The molecule has 1 fully saturated rings. The molecule has 1 aliphatic rings. The molecule has 1 aliphatic heterocycles. The zero-order chi connectivity index (χ0) is 20.1. The molecule has 28 heavy (non-hydrogen) atoms. The van der Waals surface area contributed by atoms with Crippen LogP contribution in [-0.4, -0.2) is 31.2 Å². The first kappa shape index (κ1) is 20.9. The zero-order valence-corrected chi connectivity index (χ0v) is 18.6. The molecule has 0 unspecified atom stereocenters. The second kappa shape index (κ2) is 9.58. The molecule has 0 atom stereocenters. The van der Waals surface area contributed by atoms with Gasteiger partial charge in [0.25, 0.3) is 5.91 Å². The maximum Gasteiger partial charge on any atom is 0.257 e. The summed E-state index contributed by atoms with van der Waals surface area (Å²) in [6.07, 6.45) is 3.65. The SMILES string of the molecule is COc1ccc(C(=O)NC(=S)Nc2ccc(N3CCCCC3)c(Cl)c2)cc1Br. The van der Waals surface area contributed by atoms with Crippen LogP contribution in [0.4, 0.5) is 11.4 Å². The van der Waals surface area contributed by atoms with Gasteiger partial charge in [0.05, 0.1) is 22.3 Å². The lowest BCUT2D eigenvalue weighted by Gasteiger charge is -2.29. The largest absolute Gasteiger partial charge is 0.496 e. The van der Waals surface area contributed by atoms with Crippen molar-refractivity contribution in [3.05, 3.63) is 51.5 Å². The molecule has 1 saturated heterocycles. The zero-order valence-electron chi connectivity index (χ0n) is 15.4. The van der Waals surface area contributed by atoms with Gasteiger partial charge in [-0.2, -0.15) is 0 Å². The van der Waals surface area contributed by atoms with Crippen LogP contribution in [-0.2, 0) is 0 Å². The molecule has 0 bridgehead atoms. The fraction of sp³-hybridized carbons (Fsp3) is 0.300. The third-order valence-corrected chi connectivity index (χ3v) is 5.67. The molecule has 0 radical (unpaired) electrons. The fourth-order valence-electron chi connectivity index (χ4n) is 3.12. The Balaban J connectivity index is 1.62. The minimum atomic E-state index is -0.308. The van der Waals surface area contributed by atoms with Crippen molar-refractivity contribution in [1.29, 1.82) is 0 Å². The molecular formula is C20H21BrClN3O2S. The highest BCUT2D eigenvalue weighted by molar-refractivity contribution is 9.10. The van der Waals surface area contributed by atoms with E-state index in [0.717, 1.165) is 24.5 Å². The quantitative estimate of drug-likeness (QED) is 0.585. The van der Waals surface area contributed by atoms with Crippen molar-refractivity contribution in [2.75, 3.05) is 30.4 Å². The summed E-state index contributed by atoms with van der Waals surface area (Å²) >= 11 is 15.1. The van der Waals surface area contributed by atoms with Gasteiger partial charge >= 0.3 is 0 Å². The van der Waals surface area contributed by atoms with Crippen LogP contribution in [0.25, 0.3) is 0 Å². The number of piperidine rings is 1. The molecule has 0 aliphatic carbocycles. The van der Waals surface area contributed by atoms with Crippen molar-refractivity contribution in [3.63, 3.8) is 0 Å². The standard InChI is InChI=1S/C20H21BrClN3O2S/c1-27-18-8-5-13(11-15(18)21)19(26)24-20(28)23-14-6-7-17(16(22)12-14)25-9-3-2-4-10-25/h5-8,11-12H,2-4,9-10H2,1H3,(H2,23,24,26,28). The predicted molar refractivity (Wildman–Crippen MR) is 122 cm³/mol. The monoisotopic (exact) mass is 481 g/mol. The van der Waals surface area contributed by atoms with Crippen LogP contribution >= 0.6 is 39.7 Å². The summed E-state index contributed by atoms with van der Waals surface area (Å²) in [6, 6.07) is 10.8. The number of benzene rings is 2. The number of amides is 1. The number of nitrogens with zero attached hydrogens (tertiary/aromatic N) is 1. The Morgan fingerprint density at radius 1 is 1.18 bits per heavy atom. The summed E-state index contributed by atoms with van der Waals surface area (Å²) in [4.78, 5) is 14.7. The lowest BCUT2D eigenvalue weighted by molar-refractivity contribution is 0.0977. The number of thiocarbonyl (C=S) groups is 1. The molecule has 2 aromatic carbocycles. The first-order valence-electron chi connectivity index (χ1n) is 8.98. The van der Waals surface area contributed by atoms with Crippen LogP contribution < -0.4 is 20.3 Å². The molecule has 2 aromatic rings. The Bertz CT molecular complexity index is 888. The number of carbonyl (C=O) groups excluding carboxylic acids is 1. The molecule has 0 saturated carbocycles. The average Bonchev–Trinajstić information content (AvgIpc) is 2.68. The van der Waals surface area contributed by atoms with E-state index in [-0.39, 0.29) is 11.0 Å². The molecule has 1 amide bonds. The third-order valence-electron chi connectivity index (χ3n) is 4.54. The lowest BCUT2D eigenvalue weighted by atomic mass is 10.1. The Morgan fingerprint density at radius 3 is 2.57 bits per heavy atom. The first-order chi connectivity index (χ1) is 13.5. The van der Waals surface area contributed by atoms with Crippen molar-refractivity contribution in [3.8, 4) is 5.75 Å². The van der Waals surface area contributed by atoms with E-state index < -0.39 is 0 Å². The van der Waals surface area contributed by atoms with Crippen LogP contribution in [0.1, 0.15) is 29.6 Å². The van der Waals surface area contributed by atoms with Gasteiger partial charge in [0.2, 0.25) is 0 Å². The van der Waals surface area contributed by atoms with E-state index >= 15 is 0 Å². The summed E-state index contributed by atoms with van der Waals surface area (Å²) in [6.45, 7) is 2.05. The van der Waals surface area contributed by atoms with E-state index in [9.17, 15) is 4.79 Å². The fourth-order valence-corrected chi connectivity index (χ4v) is 4.17. The van der Waals surface area contributed by atoms with Gasteiger partial charge in [-0.05, 0) is 83.8 Å². The van der Waals surface area contributed by atoms with Gasteiger partial charge in [0.1, 0.15) is 5.75 Å². The molecular weight excluding hydrogens is 462 g/mol. The minimum Gasteiger partial charge on any atom is -0.496 e. The number of carbonyl (C=O) groups is 1. The summed E-state index contributed by atoms with van der Waals surface area (Å²) in [5.74, 6) is 0.345. The molecule has 2 N–H and O–H groups in total. The van der Waals surface area contributed by atoms with Crippen molar-refractivity contribution in [1.82, 2.24) is 5.32 Å².